The SMILES string of the molecule is Cc1cc(S(=O)(=O)N(C)C(C)(C)CO)cc(N)c1C. The molecule has 6 heteroatoms. The summed E-state index contributed by atoms with van der Waals surface area (Å²) in [7, 11) is -2.22. The molecule has 0 saturated carbocycles. The molecule has 1 aromatic rings. The van der Waals surface area contributed by atoms with Gasteiger partial charge in [-0.1, -0.05) is 0 Å². The number of aryl methyl sites for hydroxylation is 1. The van der Waals surface area contributed by atoms with Crippen molar-refractivity contribution in [3.05, 3.63) is 23.3 Å². The van der Waals surface area contributed by atoms with Gasteiger partial charge in [0.25, 0.3) is 0 Å². The Labute approximate surface area is 115 Å². The van der Waals surface area contributed by atoms with Gasteiger partial charge in [-0.25, -0.2) is 8.42 Å². The highest BCUT2D eigenvalue weighted by molar-refractivity contribution is 7.89. The normalized spacial score (nSPS) is 13.0. The molecule has 0 fully saturated rings. The van der Waals surface area contributed by atoms with Gasteiger partial charge >= 0.3 is 0 Å². The minimum absolute atomic E-state index is 0.150. The number of hydrogen-bond acceptors (Lipinski definition) is 4. The molecule has 0 aliphatic heterocycles. The van der Waals surface area contributed by atoms with Gasteiger partial charge in [-0.3, -0.25) is 0 Å². The lowest BCUT2D eigenvalue weighted by Gasteiger charge is -2.33. The van der Waals surface area contributed by atoms with Crippen LogP contribution in [0.1, 0.15) is 25.0 Å². The third-order valence-corrected chi connectivity index (χ3v) is 5.63. The maximum atomic E-state index is 12.5. The molecule has 5 nitrogen and oxygen atoms in total. The van der Waals surface area contributed by atoms with Gasteiger partial charge in [0.2, 0.25) is 10.0 Å². The lowest BCUT2D eigenvalue weighted by atomic mass is 10.1. The van der Waals surface area contributed by atoms with E-state index in [2.05, 4.69) is 0 Å². The van der Waals surface area contributed by atoms with E-state index >= 15 is 0 Å². The number of hydrogen-bond donors (Lipinski definition) is 2. The quantitative estimate of drug-likeness (QED) is 0.817. The van der Waals surface area contributed by atoms with Crippen LogP contribution >= 0.6 is 0 Å². The van der Waals surface area contributed by atoms with Crippen molar-refractivity contribution in [2.75, 3.05) is 19.4 Å². The highest BCUT2D eigenvalue weighted by Gasteiger charge is 2.33. The average molecular weight is 286 g/mol. The first-order chi connectivity index (χ1) is 8.54. The fraction of sp³-hybridized carbons (Fsp3) is 0.538. The Morgan fingerprint density at radius 1 is 1.32 bits per heavy atom. The second-order valence-electron chi connectivity index (χ2n) is 5.40. The van der Waals surface area contributed by atoms with Crippen molar-refractivity contribution in [3.8, 4) is 0 Å². The van der Waals surface area contributed by atoms with Crippen molar-refractivity contribution in [2.24, 2.45) is 0 Å². The standard InChI is InChI=1S/C13H22N2O3S/c1-9-6-11(7-12(14)10(9)2)19(17,18)15(5)13(3,4)8-16/h6-7,16H,8,14H2,1-5H3. The van der Waals surface area contributed by atoms with Crippen LogP contribution < -0.4 is 5.73 Å². The number of aliphatic hydroxyl groups excluding tert-OH is 1. The number of benzene rings is 1. The molecule has 1 aromatic carbocycles. The molecule has 0 bridgehead atoms. The van der Waals surface area contributed by atoms with Gasteiger partial charge in [0, 0.05) is 12.7 Å². The van der Waals surface area contributed by atoms with Gasteiger partial charge in [-0.2, -0.15) is 4.31 Å². The zero-order chi connectivity index (χ0) is 15.0. The first kappa shape index (κ1) is 15.9. The molecule has 0 aliphatic rings. The summed E-state index contributed by atoms with van der Waals surface area (Å²) in [6, 6.07) is 3.06. The van der Waals surface area contributed by atoms with Crippen LogP contribution in [0.25, 0.3) is 0 Å². The summed E-state index contributed by atoms with van der Waals surface area (Å²) in [6.07, 6.45) is 0. The molecule has 0 spiro atoms. The maximum Gasteiger partial charge on any atom is 0.243 e. The van der Waals surface area contributed by atoms with E-state index in [1.165, 1.54) is 17.4 Å². The molecular formula is C13H22N2O3S. The Morgan fingerprint density at radius 3 is 2.26 bits per heavy atom. The number of rotatable bonds is 4. The van der Waals surface area contributed by atoms with E-state index in [1.54, 1.807) is 19.9 Å². The average Bonchev–Trinajstić information content (AvgIpc) is 2.34. The van der Waals surface area contributed by atoms with Crippen LogP contribution in [-0.2, 0) is 10.0 Å². The number of likely N-dealkylation sites (N-methyl/N-ethyl adjacent to an activating group) is 1. The predicted molar refractivity (Wildman–Crippen MR) is 76.4 cm³/mol. The van der Waals surface area contributed by atoms with Crippen LogP contribution in [0.4, 0.5) is 5.69 Å². The summed E-state index contributed by atoms with van der Waals surface area (Å²) in [4.78, 5) is 0.150. The highest BCUT2D eigenvalue weighted by atomic mass is 32.2. The molecular weight excluding hydrogens is 264 g/mol. The first-order valence-corrected chi connectivity index (χ1v) is 7.44. The van der Waals surface area contributed by atoms with Gasteiger partial charge in [0.1, 0.15) is 0 Å². The van der Waals surface area contributed by atoms with Crippen molar-refractivity contribution in [3.63, 3.8) is 0 Å². The summed E-state index contributed by atoms with van der Waals surface area (Å²) >= 11 is 0. The number of aliphatic hydroxyl groups is 1. The molecule has 0 atom stereocenters. The van der Waals surface area contributed by atoms with Gasteiger partial charge < -0.3 is 10.8 Å². The Bertz CT molecular complexity index is 557. The van der Waals surface area contributed by atoms with Crippen LogP contribution in [0.15, 0.2) is 17.0 Å². The molecule has 0 amide bonds. The number of nitrogens with zero attached hydrogens (tertiary/aromatic N) is 1. The van der Waals surface area contributed by atoms with Crippen molar-refractivity contribution in [1.29, 1.82) is 0 Å². The second-order valence-corrected chi connectivity index (χ2v) is 7.37. The summed E-state index contributed by atoms with van der Waals surface area (Å²) in [5.74, 6) is 0. The van der Waals surface area contributed by atoms with Crippen molar-refractivity contribution in [1.82, 2.24) is 4.31 Å². The fourth-order valence-electron chi connectivity index (χ4n) is 1.58. The fourth-order valence-corrected chi connectivity index (χ4v) is 3.21. The van der Waals surface area contributed by atoms with E-state index in [-0.39, 0.29) is 11.5 Å². The van der Waals surface area contributed by atoms with E-state index in [1.807, 2.05) is 13.8 Å². The minimum Gasteiger partial charge on any atom is -0.398 e. The van der Waals surface area contributed by atoms with Crippen LogP contribution in [0, 0.1) is 13.8 Å². The van der Waals surface area contributed by atoms with Crippen LogP contribution in [0.3, 0.4) is 0 Å². The molecule has 0 radical (unpaired) electrons. The van der Waals surface area contributed by atoms with E-state index in [0.29, 0.717) is 5.69 Å². The van der Waals surface area contributed by atoms with E-state index in [9.17, 15) is 13.5 Å². The maximum absolute atomic E-state index is 12.5. The number of nitrogens with two attached hydrogens (primary N) is 1. The molecule has 0 aliphatic carbocycles. The Morgan fingerprint density at radius 2 is 1.84 bits per heavy atom. The largest absolute Gasteiger partial charge is 0.398 e. The second kappa shape index (κ2) is 5.11. The lowest BCUT2D eigenvalue weighted by molar-refractivity contribution is 0.138. The number of nitrogen functional groups attached to an aromatic ring is 1. The van der Waals surface area contributed by atoms with Gasteiger partial charge in [-0.05, 0) is 51.0 Å². The third kappa shape index (κ3) is 2.91. The zero-order valence-corrected chi connectivity index (χ0v) is 12.9. The highest BCUT2D eigenvalue weighted by Crippen LogP contribution is 2.27. The summed E-state index contributed by atoms with van der Waals surface area (Å²) in [5.41, 5.74) is 7.12. The molecule has 19 heavy (non-hydrogen) atoms. The number of sulfonamides is 1. The van der Waals surface area contributed by atoms with Crippen LogP contribution in [-0.4, -0.2) is 37.0 Å². The Balaban J connectivity index is 3.37. The van der Waals surface area contributed by atoms with Crippen molar-refractivity contribution < 1.29 is 13.5 Å². The lowest BCUT2D eigenvalue weighted by Crippen LogP contribution is -2.47. The van der Waals surface area contributed by atoms with Crippen LogP contribution in [0.5, 0.6) is 0 Å². The van der Waals surface area contributed by atoms with E-state index in [4.69, 9.17) is 5.73 Å². The predicted octanol–water partition coefficient (Wildman–Crippen LogP) is 1.28. The summed E-state index contributed by atoms with van der Waals surface area (Å²) < 4.78 is 26.2. The molecule has 0 saturated heterocycles. The smallest absolute Gasteiger partial charge is 0.243 e. The third-order valence-electron chi connectivity index (χ3n) is 3.58. The topological polar surface area (TPSA) is 83.6 Å². The monoisotopic (exact) mass is 286 g/mol. The Hall–Kier alpha value is -1.11. The zero-order valence-electron chi connectivity index (χ0n) is 12.1. The van der Waals surface area contributed by atoms with E-state index in [0.717, 1.165) is 11.1 Å². The molecule has 0 heterocycles. The molecule has 3 N–H and O–H groups in total. The molecule has 0 unspecified atom stereocenters. The number of anilines is 1. The van der Waals surface area contributed by atoms with Crippen LogP contribution in [0.2, 0.25) is 0 Å². The summed E-state index contributed by atoms with van der Waals surface area (Å²) in [6.45, 7) is 6.73. The van der Waals surface area contributed by atoms with E-state index < -0.39 is 15.6 Å². The molecule has 108 valence electrons. The Kier molecular flexibility index (Phi) is 4.29. The van der Waals surface area contributed by atoms with Crippen molar-refractivity contribution in [2.45, 2.75) is 38.1 Å². The van der Waals surface area contributed by atoms with Gasteiger partial charge in [0.05, 0.1) is 17.0 Å². The van der Waals surface area contributed by atoms with Gasteiger partial charge in [-0.15, -0.1) is 0 Å². The minimum atomic E-state index is -3.68. The summed E-state index contributed by atoms with van der Waals surface area (Å²) in [5, 5.41) is 9.30. The molecule has 0 aromatic heterocycles. The van der Waals surface area contributed by atoms with Crippen molar-refractivity contribution >= 4 is 15.7 Å². The first-order valence-electron chi connectivity index (χ1n) is 6.00. The molecule has 1 rings (SSSR count). The van der Waals surface area contributed by atoms with Gasteiger partial charge in [0.15, 0.2) is 0 Å².